The molecule has 1 N–H and O–H groups in total. The van der Waals surface area contributed by atoms with E-state index in [0.717, 1.165) is 0 Å². The van der Waals surface area contributed by atoms with E-state index in [4.69, 9.17) is 4.42 Å². The highest BCUT2D eigenvalue weighted by Crippen LogP contribution is 2.15. The number of furan rings is 1. The molecule has 0 spiro atoms. The van der Waals surface area contributed by atoms with E-state index >= 15 is 0 Å². The van der Waals surface area contributed by atoms with E-state index in [1.807, 2.05) is 30.3 Å². The van der Waals surface area contributed by atoms with Gasteiger partial charge in [-0.1, -0.05) is 18.2 Å². The molecule has 4 aromatic rings. The summed E-state index contributed by atoms with van der Waals surface area (Å²) in [5.41, 5.74) is 1.52. The van der Waals surface area contributed by atoms with Gasteiger partial charge in [-0.2, -0.15) is 0 Å². The summed E-state index contributed by atoms with van der Waals surface area (Å²) in [6.07, 6.45) is 3.17. The summed E-state index contributed by atoms with van der Waals surface area (Å²) in [5, 5.41) is 2.75. The van der Waals surface area contributed by atoms with Crippen LogP contribution in [0.1, 0.15) is 5.76 Å². The maximum absolute atomic E-state index is 12.9. The van der Waals surface area contributed by atoms with Crippen LogP contribution in [0, 0.1) is 0 Å². The number of pyridine rings is 1. The molecular formula is C19H16N4O3. The minimum absolute atomic E-state index is 0.0957. The Balaban J connectivity index is 1.68. The molecule has 26 heavy (non-hydrogen) atoms. The van der Waals surface area contributed by atoms with Crippen LogP contribution in [0.5, 0.6) is 0 Å². The maximum Gasteiger partial charge on any atom is 0.335 e. The molecule has 3 heterocycles. The molecular weight excluding hydrogens is 332 g/mol. The molecule has 0 unspecified atom stereocenters. The van der Waals surface area contributed by atoms with Gasteiger partial charge in [-0.15, -0.1) is 0 Å². The van der Waals surface area contributed by atoms with E-state index in [9.17, 15) is 9.59 Å². The minimum atomic E-state index is -0.307. The summed E-state index contributed by atoms with van der Waals surface area (Å²) in [5.74, 6) is 0.374. The predicted octanol–water partition coefficient (Wildman–Crippen LogP) is 2.10. The lowest BCUT2D eigenvalue weighted by Crippen LogP contribution is -2.32. The zero-order chi connectivity index (χ0) is 17.9. The van der Waals surface area contributed by atoms with E-state index in [0.29, 0.717) is 22.6 Å². The highest BCUT2D eigenvalue weighted by Gasteiger charge is 2.17. The van der Waals surface area contributed by atoms with Gasteiger partial charge in [0.05, 0.1) is 24.0 Å². The zero-order valence-electron chi connectivity index (χ0n) is 13.8. The van der Waals surface area contributed by atoms with Gasteiger partial charge in [0.25, 0.3) is 0 Å². The second-order valence-corrected chi connectivity index (χ2v) is 5.74. The van der Waals surface area contributed by atoms with Crippen LogP contribution in [0.25, 0.3) is 16.9 Å². The van der Waals surface area contributed by atoms with Crippen molar-refractivity contribution < 1.29 is 9.21 Å². The molecule has 0 aliphatic carbocycles. The molecule has 0 saturated heterocycles. The Hall–Kier alpha value is -3.61. The molecule has 0 aliphatic rings. The van der Waals surface area contributed by atoms with Crippen LogP contribution in [0.4, 0.5) is 0 Å². The van der Waals surface area contributed by atoms with Crippen LogP contribution in [0.15, 0.2) is 76.3 Å². The van der Waals surface area contributed by atoms with E-state index in [2.05, 4.69) is 10.3 Å². The quantitative estimate of drug-likeness (QED) is 0.599. The Morgan fingerprint density at radius 3 is 2.69 bits per heavy atom. The Labute approximate surface area is 148 Å². The van der Waals surface area contributed by atoms with Crippen molar-refractivity contribution in [2.75, 3.05) is 0 Å². The minimum Gasteiger partial charge on any atom is -0.467 e. The normalized spacial score (nSPS) is 10.9. The number of para-hydroxylation sites is 1. The molecule has 7 heteroatoms. The van der Waals surface area contributed by atoms with Gasteiger partial charge < -0.3 is 9.73 Å². The molecule has 0 bridgehead atoms. The lowest BCUT2D eigenvalue weighted by atomic mass is 10.3. The average Bonchev–Trinajstić information content (AvgIpc) is 3.28. The third-order valence-corrected chi connectivity index (χ3v) is 4.05. The number of fused-ring (bicyclic) bond motifs is 1. The Morgan fingerprint density at radius 1 is 1.08 bits per heavy atom. The van der Waals surface area contributed by atoms with E-state index in [-0.39, 0.29) is 24.7 Å². The van der Waals surface area contributed by atoms with E-state index in [1.165, 1.54) is 9.13 Å². The van der Waals surface area contributed by atoms with Crippen molar-refractivity contribution in [3.8, 4) is 5.69 Å². The fourth-order valence-corrected chi connectivity index (χ4v) is 2.85. The lowest BCUT2D eigenvalue weighted by molar-refractivity contribution is -0.121. The summed E-state index contributed by atoms with van der Waals surface area (Å²) in [4.78, 5) is 29.6. The fourth-order valence-electron chi connectivity index (χ4n) is 2.85. The lowest BCUT2D eigenvalue weighted by Gasteiger charge is -2.04. The number of hydrogen-bond acceptors (Lipinski definition) is 4. The van der Waals surface area contributed by atoms with Gasteiger partial charge in [0.1, 0.15) is 12.3 Å². The van der Waals surface area contributed by atoms with Crippen molar-refractivity contribution in [2.24, 2.45) is 0 Å². The standard InChI is InChI=1S/C19H16N4O3/c24-17(21-12-15-8-5-11-26-15)13-22-16-9-4-10-20-18(16)23(19(22)25)14-6-2-1-3-7-14/h1-11H,12-13H2,(H,21,24). The van der Waals surface area contributed by atoms with E-state index in [1.54, 1.807) is 36.7 Å². The zero-order valence-corrected chi connectivity index (χ0v) is 13.8. The molecule has 0 atom stereocenters. The number of carbonyl (C=O) groups is 1. The summed E-state index contributed by atoms with van der Waals surface area (Å²) in [6, 6.07) is 16.3. The van der Waals surface area contributed by atoms with Gasteiger partial charge in [-0.25, -0.2) is 14.3 Å². The second-order valence-electron chi connectivity index (χ2n) is 5.74. The van der Waals surface area contributed by atoms with Gasteiger partial charge in [0, 0.05) is 6.20 Å². The van der Waals surface area contributed by atoms with Crippen LogP contribution < -0.4 is 11.0 Å². The van der Waals surface area contributed by atoms with Crippen LogP contribution in [-0.2, 0) is 17.9 Å². The number of carbonyl (C=O) groups excluding carboxylic acids is 1. The number of nitrogens with zero attached hydrogens (tertiary/aromatic N) is 3. The number of amides is 1. The first kappa shape index (κ1) is 15.9. The molecule has 0 aliphatic heterocycles. The molecule has 1 aromatic carbocycles. The Bertz CT molecular complexity index is 1090. The summed E-state index contributed by atoms with van der Waals surface area (Å²) < 4.78 is 8.13. The SMILES string of the molecule is O=C(Cn1c(=O)n(-c2ccccc2)c2ncccc21)NCc1ccco1. The summed E-state index contributed by atoms with van der Waals surface area (Å²) in [6.45, 7) is 0.178. The van der Waals surface area contributed by atoms with Crippen molar-refractivity contribution in [3.05, 3.63) is 83.3 Å². The summed E-state index contributed by atoms with van der Waals surface area (Å²) in [7, 11) is 0. The second kappa shape index (κ2) is 6.72. The molecule has 3 aromatic heterocycles. The first-order chi connectivity index (χ1) is 12.7. The number of rotatable bonds is 5. The maximum atomic E-state index is 12.9. The van der Waals surface area contributed by atoms with Crippen molar-refractivity contribution in [1.29, 1.82) is 0 Å². The first-order valence-corrected chi connectivity index (χ1v) is 8.15. The number of aromatic nitrogens is 3. The molecule has 0 saturated carbocycles. The first-order valence-electron chi connectivity index (χ1n) is 8.15. The third kappa shape index (κ3) is 2.90. The third-order valence-electron chi connectivity index (χ3n) is 4.05. The number of hydrogen-bond donors (Lipinski definition) is 1. The Morgan fingerprint density at radius 2 is 1.92 bits per heavy atom. The van der Waals surface area contributed by atoms with Gasteiger partial charge in [-0.05, 0) is 36.4 Å². The van der Waals surface area contributed by atoms with E-state index < -0.39 is 0 Å². The molecule has 7 nitrogen and oxygen atoms in total. The van der Waals surface area contributed by atoms with Gasteiger partial charge in [0.15, 0.2) is 5.65 Å². The van der Waals surface area contributed by atoms with Crippen LogP contribution >= 0.6 is 0 Å². The van der Waals surface area contributed by atoms with Crippen molar-refractivity contribution in [3.63, 3.8) is 0 Å². The van der Waals surface area contributed by atoms with Gasteiger partial charge >= 0.3 is 5.69 Å². The van der Waals surface area contributed by atoms with Gasteiger partial charge in [-0.3, -0.25) is 9.36 Å². The monoisotopic (exact) mass is 348 g/mol. The van der Waals surface area contributed by atoms with Gasteiger partial charge in [0.2, 0.25) is 5.91 Å². The van der Waals surface area contributed by atoms with Crippen LogP contribution in [0.2, 0.25) is 0 Å². The number of benzene rings is 1. The Kier molecular flexibility index (Phi) is 4.10. The molecule has 1 amide bonds. The smallest absolute Gasteiger partial charge is 0.335 e. The highest BCUT2D eigenvalue weighted by atomic mass is 16.3. The summed E-state index contributed by atoms with van der Waals surface area (Å²) >= 11 is 0. The number of nitrogens with one attached hydrogen (secondary N) is 1. The van der Waals surface area contributed by atoms with Crippen molar-refractivity contribution >= 4 is 17.1 Å². The highest BCUT2D eigenvalue weighted by molar-refractivity contribution is 5.80. The fraction of sp³-hybridized carbons (Fsp3) is 0.105. The van der Waals surface area contributed by atoms with Crippen molar-refractivity contribution in [1.82, 2.24) is 19.4 Å². The molecule has 0 fully saturated rings. The topological polar surface area (TPSA) is 82.1 Å². The molecule has 0 radical (unpaired) electrons. The average molecular weight is 348 g/mol. The predicted molar refractivity (Wildman–Crippen MR) is 95.9 cm³/mol. The van der Waals surface area contributed by atoms with Crippen LogP contribution in [0.3, 0.4) is 0 Å². The van der Waals surface area contributed by atoms with Crippen LogP contribution in [-0.4, -0.2) is 20.0 Å². The molecule has 4 rings (SSSR count). The number of imidazole rings is 1. The largest absolute Gasteiger partial charge is 0.467 e. The molecule has 130 valence electrons. The van der Waals surface area contributed by atoms with Crippen molar-refractivity contribution in [2.45, 2.75) is 13.1 Å².